The van der Waals surface area contributed by atoms with E-state index >= 15 is 0 Å². The van der Waals surface area contributed by atoms with Gasteiger partial charge in [-0.15, -0.1) is 0 Å². The zero-order chi connectivity index (χ0) is 16.8. The molecule has 6 heteroatoms. The van der Waals surface area contributed by atoms with Crippen LogP contribution in [0.5, 0.6) is 0 Å². The van der Waals surface area contributed by atoms with Crippen molar-refractivity contribution in [1.82, 2.24) is 20.4 Å². The average molecular weight is 328 g/mol. The van der Waals surface area contributed by atoms with Gasteiger partial charge in [0.1, 0.15) is 0 Å². The molecule has 0 radical (unpaired) electrons. The summed E-state index contributed by atoms with van der Waals surface area (Å²) in [4.78, 5) is 9.61. The Balaban J connectivity index is 2.20. The van der Waals surface area contributed by atoms with Gasteiger partial charge in [-0.05, 0) is 32.9 Å². The van der Waals surface area contributed by atoms with Gasteiger partial charge in [-0.25, -0.2) is 0 Å². The SMILES string of the molecule is CCCN(CC)CCNC(=NCCCN1CCOCC1)NCC. The molecule has 0 spiro atoms. The monoisotopic (exact) mass is 327 g/mol. The van der Waals surface area contributed by atoms with Crippen LogP contribution in [0.4, 0.5) is 0 Å². The summed E-state index contributed by atoms with van der Waals surface area (Å²) in [6.07, 6.45) is 2.32. The van der Waals surface area contributed by atoms with Crippen LogP contribution < -0.4 is 10.6 Å². The van der Waals surface area contributed by atoms with Gasteiger partial charge in [-0.1, -0.05) is 13.8 Å². The lowest BCUT2D eigenvalue weighted by molar-refractivity contribution is 0.0377. The summed E-state index contributed by atoms with van der Waals surface area (Å²) >= 11 is 0. The maximum absolute atomic E-state index is 5.37. The molecule has 0 aromatic rings. The third kappa shape index (κ3) is 9.79. The molecule has 23 heavy (non-hydrogen) atoms. The van der Waals surface area contributed by atoms with Gasteiger partial charge >= 0.3 is 0 Å². The summed E-state index contributed by atoms with van der Waals surface area (Å²) in [7, 11) is 0. The molecule has 1 aliphatic rings. The van der Waals surface area contributed by atoms with Gasteiger partial charge in [0.05, 0.1) is 13.2 Å². The highest BCUT2D eigenvalue weighted by Crippen LogP contribution is 1.98. The first-order valence-corrected chi connectivity index (χ1v) is 9.34. The largest absolute Gasteiger partial charge is 0.379 e. The van der Waals surface area contributed by atoms with Crippen molar-refractivity contribution < 1.29 is 4.74 Å². The molecule has 1 fully saturated rings. The molecule has 0 aromatic carbocycles. The standard InChI is InChI=1S/C17H37N5O/c1-4-10-21(6-3)12-9-20-17(18-5-2)19-8-7-11-22-13-15-23-16-14-22/h4-16H2,1-3H3,(H2,18,19,20). The van der Waals surface area contributed by atoms with E-state index < -0.39 is 0 Å². The fourth-order valence-electron chi connectivity index (χ4n) is 2.73. The van der Waals surface area contributed by atoms with E-state index in [1.54, 1.807) is 0 Å². The number of nitrogens with zero attached hydrogens (tertiary/aromatic N) is 3. The Morgan fingerprint density at radius 1 is 1.13 bits per heavy atom. The van der Waals surface area contributed by atoms with E-state index in [0.717, 1.165) is 78.0 Å². The van der Waals surface area contributed by atoms with E-state index in [-0.39, 0.29) is 0 Å². The number of hydrogen-bond acceptors (Lipinski definition) is 4. The molecule has 0 amide bonds. The number of hydrogen-bond donors (Lipinski definition) is 2. The number of nitrogens with one attached hydrogen (secondary N) is 2. The van der Waals surface area contributed by atoms with Gasteiger partial charge in [0, 0.05) is 45.8 Å². The van der Waals surface area contributed by atoms with Crippen LogP contribution in [0.1, 0.15) is 33.6 Å². The van der Waals surface area contributed by atoms with E-state index in [4.69, 9.17) is 4.74 Å². The van der Waals surface area contributed by atoms with Crippen LogP contribution in [-0.4, -0.2) is 87.9 Å². The molecule has 1 heterocycles. The van der Waals surface area contributed by atoms with Crippen molar-refractivity contribution in [3.63, 3.8) is 0 Å². The van der Waals surface area contributed by atoms with Crippen LogP contribution in [-0.2, 0) is 4.74 Å². The molecule has 6 nitrogen and oxygen atoms in total. The second-order valence-electron chi connectivity index (χ2n) is 5.93. The van der Waals surface area contributed by atoms with Crippen molar-refractivity contribution in [2.75, 3.05) is 72.1 Å². The van der Waals surface area contributed by atoms with Gasteiger partial charge in [0.2, 0.25) is 0 Å². The van der Waals surface area contributed by atoms with E-state index in [9.17, 15) is 0 Å². The summed E-state index contributed by atoms with van der Waals surface area (Å²) in [5, 5.41) is 6.78. The summed E-state index contributed by atoms with van der Waals surface area (Å²) in [6.45, 7) is 17.6. The highest BCUT2D eigenvalue weighted by Gasteiger charge is 2.09. The van der Waals surface area contributed by atoms with Gasteiger partial charge < -0.3 is 20.3 Å². The molecule has 0 bridgehead atoms. The van der Waals surface area contributed by atoms with Crippen LogP contribution in [0.25, 0.3) is 0 Å². The molecule has 0 atom stereocenters. The summed E-state index contributed by atoms with van der Waals surface area (Å²) in [5.74, 6) is 0.946. The highest BCUT2D eigenvalue weighted by atomic mass is 16.5. The number of ether oxygens (including phenoxy) is 1. The lowest BCUT2D eigenvalue weighted by Gasteiger charge is -2.26. The molecule has 1 rings (SSSR count). The molecule has 0 saturated carbocycles. The first kappa shape index (κ1) is 20.2. The molecular formula is C17H37N5O. The average Bonchev–Trinajstić information content (AvgIpc) is 2.58. The van der Waals surface area contributed by atoms with Crippen LogP contribution in [0, 0.1) is 0 Å². The Hall–Kier alpha value is -0.850. The molecule has 1 aliphatic heterocycles. The quantitative estimate of drug-likeness (QED) is 0.337. The Labute approximate surface area is 142 Å². The molecule has 0 aromatic heterocycles. The van der Waals surface area contributed by atoms with E-state index in [1.165, 1.54) is 13.0 Å². The Morgan fingerprint density at radius 2 is 1.91 bits per heavy atom. The van der Waals surface area contributed by atoms with Gasteiger partial charge in [0.25, 0.3) is 0 Å². The maximum atomic E-state index is 5.37. The zero-order valence-electron chi connectivity index (χ0n) is 15.4. The minimum atomic E-state index is 0.874. The summed E-state index contributed by atoms with van der Waals surface area (Å²) in [6, 6.07) is 0. The normalized spacial score (nSPS) is 16.8. The Kier molecular flexibility index (Phi) is 11.9. The summed E-state index contributed by atoms with van der Waals surface area (Å²) in [5.41, 5.74) is 0. The predicted molar refractivity (Wildman–Crippen MR) is 98.3 cm³/mol. The molecule has 0 aliphatic carbocycles. The van der Waals surface area contributed by atoms with E-state index in [2.05, 4.69) is 46.2 Å². The van der Waals surface area contributed by atoms with Crippen molar-refractivity contribution in [1.29, 1.82) is 0 Å². The van der Waals surface area contributed by atoms with Gasteiger partial charge in [0.15, 0.2) is 5.96 Å². The first-order valence-electron chi connectivity index (χ1n) is 9.34. The van der Waals surface area contributed by atoms with E-state index in [1.807, 2.05) is 0 Å². The fourth-order valence-corrected chi connectivity index (χ4v) is 2.73. The first-order chi connectivity index (χ1) is 11.3. The van der Waals surface area contributed by atoms with Crippen molar-refractivity contribution in [2.24, 2.45) is 4.99 Å². The van der Waals surface area contributed by atoms with Crippen molar-refractivity contribution in [3.8, 4) is 0 Å². The van der Waals surface area contributed by atoms with E-state index in [0.29, 0.717) is 0 Å². The predicted octanol–water partition coefficient (Wildman–Crippen LogP) is 0.996. The molecule has 136 valence electrons. The van der Waals surface area contributed by atoms with Crippen LogP contribution >= 0.6 is 0 Å². The lowest BCUT2D eigenvalue weighted by atomic mass is 10.3. The zero-order valence-corrected chi connectivity index (χ0v) is 15.4. The number of likely N-dealkylation sites (N-methyl/N-ethyl adjacent to an activating group) is 1. The van der Waals surface area contributed by atoms with Crippen molar-refractivity contribution in [3.05, 3.63) is 0 Å². The lowest BCUT2D eigenvalue weighted by Crippen LogP contribution is -2.42. The maximum Gasteiger partial charge on any atom is 0.191 e. The molecule has 1 saturated heterocycles. The minimum Gasteiger partial charge on any atom is -0.379 e. The third-order valence-electron chi connectivity index (χ3n) is 4.06. The van der Waals surface area contributed by atoms with Gasteiger partial charge in [-0.3, -0.25) is 9.89 Å². The number of morpholine rings is 1. The number of aliphatic imine (C=N–C) groups is 1. The Bertz CT molecular complexity index is 305. The third-order valence-corrected chi connectivity index (χ3v) is 4.06. The number of rotatable bonds is 11. The molecule has 2 N–H and O–H groups in total. The highest BCUT2D eigenvalue weighted by molar-refractivity contribution is 5.79. The second kappa shape index (κ2) is 13.6. The summed E-state index contributed by atoms with van der Waals surface area (Å²) < 4.78 is 5.37. The van der Waals surface area contributed by atoms with Crippen LogP contribution in [0.15, 0.2) is 4.99 Å². The minimum absolute atomic E-state index is 0.874. The van der Waals surface area contributed by atoms with Crippen molar-refractivity contribution in [2.45, 2.75) is 33.6 Å². The topological polar surface area (TPSA) is 52.1 Å². The van der Waals surface area contributed by atoms with Crippen LogP contribution in [0.2, 0.25) is 0 Å². The Morgan fingerprint density at radius 3 is 2.57 bits per heavy atom. The molecular weight excluding hydrogens is 290 g/mol. The second-order valence-corrected chi connectivity index (χ2v) is 5.93. The molecule has 0 unspecified atom stereocenters. The van der Waals surface area contributed by atoms with Gasteiger partial charge in [-0.2, -0.15) is 0 Å². The smallest absolute Gasteiger partial charge is 0.191 e. The van der Waals surface area contributed by atoms with Crippen LogP contribution in [0.3, 0.4) is 0 Å². The fraction of sp³-hybridized carbons (Fsp3) is 0.941. The number of guanidine groups is 1. The van der Waals surface area contributed by atoms with Crippen molar-refractivity contribution >= 4 is 5.96 Å².